The van der Waals surface area contributed by atoms with Gasteiger partial charge in [0.1, 0.15) is 0 Å². The number of hydrogen-bond donors (Lipinski definition) is 1. The Morgan fingerprint density at radius 3 is 2.84 bits per heavy atom. The van der Waals surface area contributed by atoms with Crippen molar-refractivity contribution in [2.75, 3.05) is 0 Å². The first kappa shape index (κ1) is 14.1. The zero-order valence-electron chi connectivity index (χ0n) is 11.6. The molecule has 19 heavy (non-hydrogen) atoms. The van der Waals surface area contributed by atoms with Crippen LogP contribution >= 0.6 is 12.6 Å². The molecule has 0 saturated heterocycles. The van der Waals surface area contributed by atoms with Crippen molar-refractivity contribution in [1.82, 2.24) is 4.98 Å². The standard InChI is InChI=1S/C16H19NOS/c1-4-10(2)8-14(18)12-5-6-17-16-13(12)7-11(3)9-15(16)19/h5-7,9-10,19H,4,8H2,1-3H3. The minimum Gasteiger partial charge on any atom is -0.294 e. The van der Waals surface area contributed by atoms with E-state index in [1.807, 2.05) is 25.1 Å². The number of Topliss-reactive ketones (excluding diaryl/α,β-unsaturated/α-hetero) is 1. The molecule has 2 nitrogen and oxygen atoms in total. The van der Waals surface area contributed by atoms with Crippen molar-refractivity contribution in [3.63, 3.8) is 0 Å². The summed E-state index contributed by atoms with van der Waals surface area (Å²) in [6.07, 6.45) is 3.30. The second-order valence-corrected chi connectivity index (χ2v) is 5.66. The summed E-state index contributed by atoms with van der Waals surface area (Å²) in [5.41, 5.74) is 2.68. The van der Waals surface area contributed by atoms with Gasteiger partial charge in [-0.3, -0.25) is 9.78 Å². The van der Waals surface area contributed by atoms with Gasteiger partial charge in [-0.1, -0.05) is 20.3 Å². The highest BCUT2D eigenvalue weighted by Gasteiger charge is 2.14. The first-order valence-electron chi connectivity index (χ1n) is 6.64. The monoisotopic (exact) mass is 273 g/mol. The molecule has 1 unspecified atom stereocenters. The summed E-state index contributed by atoms with van der Waals surface area (Å²) in [7, 11) is 0. The van der Waals surface area contributed by atoms with Gasteiger partial charge < -0.3 is 0 Å². The van der Waals surface area contributed by atoms with Crippen LogP contribution in [-0.2, 0) is 0 Å². The van der Waals surface area contributed by atoms with Crippen LogP contribution in [0.2, 0.25) is 0 Å². The van der Waals surface area contributed by atoms with Crippen LogP contribution in [0.1, 0.15) is 42.6 Å². The molecule has 2 aromatic rings. The lowest BCUT2D eigenvalue weighted by molar-refractivity contribution is 0.0965. The van der Waals surface area contributed by atoms with Crippen LogP contribution in [-0.4, -0.2) is 10.8 Å². The number of carbonyl (C=O) groups excluding carboxylic acids is 1. The molecule has 0 aliphatic rings. The Morgan fingerprint density at radius 1 is 1.42 bits per heavy atom. The number of aromatic nitrogens is 1. The van der Waals surface area contributed by atoms with Gasteiger partial charge in [0.15, 0.2) is 5.78 Å². The molecule has 1 atom stereocenters. The molecule has 0 fully saturated rings. The average Bonchev–Trinajstić information content (AvgIpc) is 2.37. The van der Waals surface area contributed by atoms with Crippen molar-refractivity contribution in [3.8, 4) is 0 Å². The normalized spacial score (nSPS) is 12.6. The molecule has 0 bridgehead atoms. The highest BCUT2D eigenvalue weighted by atomic mass is 32.1. The van der Waals surface area contributed by atoms with Gasteiger partial charge >= 0.3 is 0 Å². The van der Waals surface area contributed by atoms with Crippen molar-refractivity contribution in [3.05, 3.63) is 35.5 Å². The molecular weight excluding hydrogens is 254 g/mol. The van der Waals surface area contributed by atoms with Crippen molar-refractivity contribution < 1.29 is 4.79 Å². The summed E-state index contributed by atoms with van der Waals surface area (Å²) in [6.45, 7) is 6.23. The van der Waals surface area contributed by atoms with Gasteiger partial charge in [-0.05, 0) is 36.6 Å². The largest absolute Gasteiger partial charge is 0.294 e. The van der Waals surface area contributed by atoms with E-state index in [9.17, 15) is 4.79 Å². The summed E-state index contributed by atoms with van der Waals surface area (Å²) in [4.78, 5) is 17.6. The lowest BCUT2D eigenvalue weighted by Crippen LogP contribution is -2.06. The fourth-order valence-electron chi connectivity index (χ4n) is 2.19. The van der Waals surface area contributed by atoms with E-state index in [1.165, 1.54) is 0 Å². The number of ketones is 1. The van der Waals surface area contributed by atoms with Crippen molar-refractivity contribution in [1.29, 1.82) is 0 Å². The van der Waals surface area contributed by atoms with Crippen molar-refractivity contribution >= 4 is 29.3 Å². The van der Waals surface area contributed by atoms with E-state index in [2.05, 4.69) is 31.5 Å². The van der Waals surface area contributed by atoms with Crippen LogP contribution in [0.3, 0.4) is 0 Å². The molecular formula is C16H19NOS. The Kier molecular flexibility index (Phi) is 4.25. The Hall–Kier alpha value is -1.35. The highest BCUT2D eigenvalue weighted by molar-refractivity contribution is 7.80. The molecule has 1 aromatic heterocycles. The molecule has 0 radical (unpaired) electrons. The zero-order chi connectivity index (χ0) is 14.0. The lowest BCUT2D eigenvalue weighted by Gasteiger charge is -2.10. The number of hydrogen-bond acceptors (Lipinski definition) is 3. The van der Waals surface area contributed by atoms with Crippen molar-refractivity contribution in [2.24, 2.45) is 5.92 Å². The second kappa shape index (κ2) is 5.74. The van der Waals surface area contributed by atoms with Gasteiger partial charge in [0.25, 0.3) is 0 Å². The van der Waals surface area contributed by atoms with E-state index in [0.29, 0.717) is 12.3 Å². The van der Waals surface area contributed by atoms with Crippen LogP contribution in [0, 0.1) is 12.8 Å². The van der Waals surface area contributed by atoms with Crippen LogP contribution in [0.15, 0.2) is 29.3 Å². The Morgan fingerprint density at radius 2 is 2.16 bits per heavy atom. The molecule has 0 spiro atoms. The van der Waals surface area contributed by atoms with Gasteiger partial charge in [-0.25, -0.2) is 0 Å². The first-order valence-corrected chi connectivity index (χ1v) is 7.09. The molecule has 1 aromatic carbocycles. The van der Waals surface area contributed by atoms with E-state index in [0.717, 1.165) is 33.3 Å². The SMILES string of the molecule is CCC(C)CC(=O)c1ccnc2c(S)cc(C)cc12. The third-order valence-electron chi connectivity index (χ3n) is 3.50. The number of benzene rings is 1. The van der Waals surface area contributed by atoms with E-state index in [1.54, 1.807) is 6.20 Å². The van der Waals surface area contributed by atoms with E-state index < -0.39 is 0 Å². The molecule has 3 heteroatoms. The third kappa shape index (κ3) is 2.98. The molecule has 0 aliphatic carbocycles. The summed E-state index contributed by atoms with van der Waals surface area (Å²) >= 11 is 4.45. The van der Waals surface area contributed by atoms with Gasteiger partial charge in [0, 0.05) is 28.5 Å². The van der Waals surface area contributed by atoms with E-state index in [4.69, 9.17) is 0 Å². The lowest BCUT2D eigenvalue weighted by atomic mass is 9.95. The first-order chi connectivity index (χ1) is 9.02. The smallest absolute Gasteiger partial charge is 0.163 e. The van der Waals surface area contributed by atoms with Crippen LogP contribution in [0.4, 0.5) is 0 Å². The maximum absolute atomic E-state index is 12.4. The molecule has 100 valence electrons. The quantitative estimate of drug-likeness (QED) is 0.659. The average molecular weight is 273 g/mol. The Bertz CT molecular complexity index is 621. The molecule has 0 saturated carbocycles. The topological polar surface area (TPSA) is 30.0 Å². The number of fused-ring (bicyclic) bond motifs is 1. The fraction of sp³-hybridized carbons (Fsp3) is 0.375. The van der Waals surface area contributed by atoms with E-state index >= 15 is 0 Å². The van der Waals surface area contributed by atoms with Gasteiger partial charge in [-0.2, -0.15) is 0 Å². The van der Waals surface area contributed by atoms with E-state index in [-0.39, 0.29) is 5.78 Å². The zero-order valence-corrected chi connectivity index (χ0v) is 12.5. The minimum atomic E-state index is 0.195. The highest BCUT2D eigenvalue weighted by Crippen LogP contribution is 2.26. The Labute approximate surface area is 119 Å². The number of thiol groups is 1. The van der Waals surface area contributed by atoms with Crippen molar-refractivity contribution in [2.45, 2.75) is 38.5 Å². The fourth-order valence-corrected chi connectivity index (χ4v) is 2.57. The number of carbonyl (C=O) groups is 1. The number of aryl methyl sites for hydroxylation is 1. The minimum absolute atomic E-state index is 0.195. The predicted octanol–water partition coefficient (Wildman–Crippen LogP) is 4.45. The van der Waals surface area contributed by atoms with Crippen LogP contribution < -0.4 is 0 Å². The van der Waals surface area contributed by atoms with Gasteiger partial charge in [-0.15, -0.1) is 12.6 Å². The summed E-state index contributed by atoms with van der Waals surface area (Å²) < 4.78 is 0. The maximum Gasteiger partial charge on any atom is 0.163 e. The molecule has 0 N–H and O–H groups in total. The number of pyridine rings is 1. The summed E-state index contributed by atoms with van der Waals surface area (Å²) in [5.74, 6) is 0.607. The second-order valence-electron chi connectivity index (χ2n) is 5.18. The van der Waals surface area contributed by atoms with Crippen LogP contribution in [0.25, 0.3) is 10.9 Å². The summed E-state index contributed by atoms with van der Waals surface area (Å²) in [6, 6.07) is 5.81. The Balaban J connectivity index is 2.52. The van der Waals surface area contributed by atoms with Gasteiger partial charge in [0.05, 0.1) is 5.52 Å². The van der Waals surface area contributed by atoms with Gasteiger partial charge in [0.2, 0.25) is 0 Å². The number of rotatable bonds is 4. The van der Waals surface area contributed by atoms with Crippen LogP contribution in [0.5, 0.6) is 0 Å². The predicted molar refractivity (Wildman–Crippen MR) is 82.1 cm³/mol. The number of nitrogens with zero attached hydrogens (tertiary/aromatic N) is 1. The molecule has 1 heterocycles. The molecule has 0 aliphatic heterocycles. The maximum atomic E-state index is 12.4. The molecule has 0 amide bonds. The summed E-state index contributed by atoms with van der Waals surface area (Å²) in [5, 5.41) is 0.917. The molecule has 2 rings (SSSR count). The third-order valence-corrected chi connectivity index (χ3v) is 3.84.